The van der Waals surface area contributed by atoms with Crippen LogP contribution in [0.2, 0.25) is 0 Å². The van der Waals surface area contributed by atoms with E-state index in [1.54, 1.807) is 0 Å². The Hall–Kier alpha value is -2.06. The molecular formula is C20H23NO. The highest BCUT2D eigenvalue weighted by Gasteiger charge is 2.20. The lowest BCUT2D eigenvalue weighted by atomic mass is 9.95. The molecule has 0 saturated carbocycles. The second-order valence-corrected chi connectivity index (χ2v) is 6.07. The lowest BCUT2D eigenvalue weighted by Gasteiger charge is -2.20. The van der Waals surface area contributed by atoms with E-state index in [1.165, 1.54) is 22.2 Å². The molecule has 2 aromatic carbocycles. The third kappa shape index (κ3) is 2.93. The van der Waals surface area contributed by atoms with E-state index in [9.17, 15) is 5.11 Å². The number of aliphatic hydroxyl groups is 1. The standard InChI is InChI=1S/C20H23NO/c1-15(20(22)13-12-16-8-4-3-5-9-16)19-14-17-10-6-7-11-18(17)21(19)2/h3-11,14-15,20,22H,12-13H2,1-2H3/t15-,20+/m0/s1. The van der Waals surface area contributed by atoms with E-state index in [0.717, 1.165) is 12.8 Å². The summed E-state index contributed by atoms with van der Waals surface area (Å²) in [5.74, 6) is 0.126. The van der Waals surface area contributed by atoms with Gasteiger partial charge in [0.05, 0.1) is 6.10 Å². The van der Waals surface area contributed by atoms with Crippen molar-refractivity contribution in [1.29, 1.82) is 0 Å². The van der Waals surface area contributed by atoms with Crippen LogP contribution in [0.25, 0.3) is 10.9 Å². The summed E-state index contributed by atoms with van der Waals surface area (Å²) in [5, 5.41) is 11.8. The van der Waals surface area contributed by atoms with Crippen molar-refractivity contribution < 1.29 is 5.11 Å². The topological polar surface area (TPSA) is 25.2 Å². The summed E-state index contributed by atoms with van der Waals surface area (Å²) in [5.41, 5.74) is 3.70. The highest BCUT2D eigenvalue weighted by atomic mass is 16.3. The highest BCUT2D eigenvalue weighted by molar-refractivity contribution is 5.81. The van der Waals surface area contributed by atoms with Crippen molar-refractivity contribution in [3.05, 3.63) is 71.9 Å². The minimum atomic E-state index is -0.330. The first-order chi connectivity index (χ1) is 10.7. The summed E-state index contributed by atoms with van der Waals surface area (Å²) in [6.07, 6.45) is 1.37. The molecule has 3 aromatic rings. The summed E-state index contributed by atoms with van der Waals surface area (Å²) in [7, 11) is 2.08. The number of aromatic nitrogens is 1. The first-order valence-corrected chi connectivity index (χ1v) is 7.93. The molecule has 1 heterocycles. The van der Waals surface area contributed by atoms with Crippen molar-refractivity contribution in [2.45, 2.75) is 31.8 Å². The SMILES string of the molecule is C[C@@H](c1cc2ccccc2n1C)[C@H](O)CCc1ccccc1. The molecule has 0 radical (unpaired) electrons. The van der Waals surface area contributed by atoms with Gasteiger partial charge in [-0.15, -0.1) is 0 Å². The van der Waals surface area contributed by atoms with E-state index >= 15 is 0 Å². The van der Waals surface area contributed by atoms with Crippen LogP contribution >= 0.6 is 0 Å². The third-order valence-electron chi connectivity index (χ3n) is 4.60. The molecule has 0 fully saturated rings. The van der Waals surface area contributed by atoms with E-state index in [1.807, 2.05) is 6.07 Å². The zero-order valence-corrected chi connectivity index (χ0v) is 13.2. The fourth-order valence-electron chi connectivity index (χ4n) is 3.15. The quantitative estimate of drug-likeness (QED) is 0.746. The average Bonchev–Trinajstić information content (AvgIpc) is 2.90. The molecule has 2 atom stereocenters. The van der Waals surface area contributed by atoms with Crippen molar-refractivity contribution in [2.75, 3.05) is 0 Å². The van der Waals surface area contributed by atoms with Crippen molar-refractivity contribution >= 4 is 10.9 Å². The van der Waals surface area contributed by atoms with Crippen LogP contribution in [0, 0.1) is 0 Å². The molecule has 0 bridgehead atoms. The second-order valence-electron chi connectivity index (χ2n) is 6.07. The zero-order chi connectivity index (χ0) is 15.5. The first kappa shape index (κ1) is 14.9. The van der Waals surface area contributed by atoms with Gasteiger partial charge in [-0.2, -0.15) is 0 Å². The molecule has 1 N–H and O–H groups in total. The number of aliphatic hydroxyl groups excluding tert-OH is 1. The maximum Gasteiger partial charge on any atom is 0.0623 e. The fourth-order valence-corrected chi connectivity index (χ4v) is 3.15. The van der Waals surface area contributed by atoms with Gasteiger partial charge < -0.3 is 9.67 Å². The number of hydrogen-bond acceptors (Lipinski definition) is 1. The minimum absolute atomic E-state index is 0.126. The number of hydrogen-bond donors (Lipinski definition) is 1. The lowest BCUT2D eigenvalue weighted by Crippen LogP contribution is -2.19. The molecule has 0 saturated heterocycles. The van der Waals surface area contributed by atoms with Crippen molar-refractivity contribution in [2.24, 2.45) is 7.05 Å². The summed E-state index contributed by atoms with van der Waals surface area (Å²) in [6, 6.07) is 20.9. The first-order valence-electron chi connectivity index (χ1n) is 7.93. The molecule has 0 aliphatic rings. The van der Waals surface area contributed by atoms with Crippen molar-refractivity contribution in [3.8, 4) is 0 Å². The maximum absolute atomic E-state index is 10.6. The summed E-state index contributed by atoms with van der Waals surface area (Å²) in [6.45, 7) is 2.11. The predicted octanol–water partition coefficient (Wildman–Crippen LogP) is 4.28. The third-order valence-corrected chi connectivity index (χ3v) is 4.60. The Morgan fingerprint density at radius 1 is 1.00 bits per heavy atom. The number of fused-ring (bicyclic) bond motifs is 1. The molecule has 0 spiro atoms. The number of nitrogens with zero attached hydrogens (tertiary/aromatic N) is 1. The van der Waals surface area contributed by atoms with E-state index in [-0.39, 0.29) is 12.0 Å². The van der Waals surface area contributed by atoms with Crippen LogP contribution in [0.5, 0.6) is 0 Å². The molecular weight excluding hydrogens is 270 g/mol. The Morgan fingerprint density at radius 3 is 2.41 bits per heavy atom. The van der Waals surface area contributed by atoms with Crippen LogP contribution in [0.4, 0.5) is 0 Å². The smallest absolute Gasteiger partial charge is 0.0623 e. The average molecular weight is 293 g/mol. The van der Waals surface area contributed by atoms with Gasteiger partial charge in [0.25, 0.3) is 0 Å². The van der Waals surface area contributed by atoms with Crippen LogP contribution in [0.15, 0.2) is 60.7 Å². The highest BCUT2D eigenvalue weighted by Crippen LogP contribution is 2.28. The van der Waals surface area contributed by atoms with E-state index < -0.39 is 0 Å². The summed E-state index contributed by atoms with van der Waals surface area (Å²) in [4.78, 5) is 0. The second kappa shape index (κ2) is 6.37. The molecule has 0 aliphatic heterocycles. The van der Waals surface area contributed by atoms with Crippen LogP contribution in [-0.4, -0.2) is 15.8 Å². The van der Waals surface area contributed by atoms with Gasteiger partial charge in [0.2, 0.25) is 0 Å². The van der Waals surface area contributed by atoms with Crippen LogP contribution in [0.1, 0.15) is 30.5 Å². The molecule has 1 aromatic heterocycles. The molecule has 22 heavy (non-hydrogen) atoms. The zero-order valence-electron chi connectivity index (χ0n) is 13.2. The van der Waals surface area contributed by atoms with Gasteiger partial charge in [0.1, 0.15) is 0 Å². The van der Waals surface area contributed by atoms with Gasteiger partial charge in [-0.25, -0.2) is 0 Å². The van der Waals surface area contributed by atoms with Gasteiger partial charge in [-0.3, -0.25) is 0 Å². The van der Waals surface area contributed by atoms with Gasteiger partial charge >= 0.3 is 0 Å². The van der Waals surface area contributed by atoms with Gasteiger partial charge in [-0.1, -0.05) is 55.5 Å². The van der Waals surface area contributed by atoms with E-state index in [2.05, 4.69) is 73.1 Å². The van der Waals surface area contributed by atoms with Crippen molar-refractivity contribution in [1.82, 2.24) is 4.57 Å². The Morgan fingerprint density at radius 2 is 1.68 bits per heavy atom. The Balaban J connectivity index is 1.74. The van der Waals surface area contributed by atoms with Gasteiger partial charge in [0.15, 0.2) is 0 Å². The summed E-state index contributed by atoms with van der Waals surface area (Å²) < 4.78 is 2.20. The monoisotopic (exact) mass is 293 g/mol. The van der Waals surface area contributed by atoms with Crippen LogP contribution < -0.4 is 0 Å². The number of benzene rings is 2. The fraction of sp³-hybridized carbons (Fsp3) is 0.300. The molecule has 0 amide bonds. The van der Waals surface area contributed by atoms with E-state index in [0.29, 0.717) is 0 Å². The molecule has 2 heteroatoms. The van der Waals surface area contributed by atoms with Crippen LogP contribution in [0.3, 0.4) is 0 Å². The van der Waals surface area contributed by atoms with E-state index in [4.69, 9.17) is 0 Å². The lowest BCUT2D eigenvalue weighted by molar-refractivity contribution is 0.137. The largest absolute Gasteiger partial charge is 0.392 e. The van der Waals surface area contributed by atoms with Gasteiger partial charge in [-0.05, 0) is 35.9 Å². The number of rotatable bonds is 5. The molecule has 0 unspecified atom stereocenters. The number of aryl methyl sites for hydroxylation is 2. The predicted molar refractivity (Wildman–Crippen MR) is 92.1 cm³/mol. The Kier molecular flexibility index (Phi) is 4.30. The van der Waals surface area contributed by atoms with Crippen LogP contribution in [-0.2, 0) is 13.5 Å². The molecule has 3 rings (SSSR count). The molecule has 0 aliphatic carbocycles. The Labute approximate surface area is 132 Å². The minimum Gasteiger partial charge on any atom is -0.392 e. The number of para-hydroxylation sites is 1. The normalized spacial score (nSPS) is 14.1. The van der Waals surface area contributed by atoms with Gasteiger partial charge in [0, 0.05) is 24.2 Å². The Bertz CT molecular complexity index is 745. The molecule has 114 valence electrons. The summed E-state index contributed by atoms with van der Waals surface area (Å²) >= 11 is 0. The van der Waals surface area contributed by atoms with Crippen molar-refractivity contribution in [3.63, 3.8) is 0 Å². The maximum atomic E-state index is 10.6. The molecule has 2 nitrogen and oxygen atoms in total.